The van der Waals surface area contributed by atoms with Crippen molar-refractivity contribution in [2.75, 3.05) is 59.4 Å². The van der Waals surface area contributed by atoms with Gasteiger partial charge in [0.15, 0.2) is 0 Å². The first kappa shape index (κ1) is 17.9. The lowest BCUT2D eigenvalue weighted by Crippen LogP contribution is -2.48. The fourth-order valence-electron chi connectivity index (χ4n) is 3.19. The number of likely N-dealkylation sites (N-methyl/N-ethyl adjacent to an activating group) is 1. The van der Waals surface area contributed by atoms with Gasteiger partial charge in [0.25, 0.3) is 3.91 Å². The Balaban J connectivity index is 1.62. The lowest BCUT2D eigenvalue weighted by molar-refractivity contribution is -0.132. The number of hydrogen-bond acceptors (Lipinski definition) is 4. The molecule has 2 rings (SSSR count). The molecule has 126 valence electrons. The van der Waals surface area contributed by atoms with Crippen LogP contribution in [0.4, 0.5) is 4.79 Å². The predicted molar refractivity (Wildman–Crippen MR) is 95.3 cm³/mol. The summed E-state index contributed by atoms with van der Waals surface area (Å²) < 4.78 is -0.101. The fraction of sp³-hybridized carbons (Fsp3) is 0.867. The lowest BCUT2D eigenvalue weighted by atomic mass is 9.95. The van der Waals surface area contributed by atoms with E-state index in [0.29, 0.717) is 13.0 Å². The molecular weight excluding hydrogens is 395 g/mol. The van der Waals surface area contributed by atoms with E-state index in [1.807, 2.05) is 4.90 Å². The fourth-order valence-corrected chi connectivity index (χ4v) is 3.46. The standard InChI is InChI=1S/C15H27IN4O2/c1-18-8-10-19(11-9-18)12-13-3-6-20(7-4-13)14(21)2-5-17-15(16)22/h13H,2-12H2,1H3,(H,17,22). The number of rotatable bonds is 5. The highest BCUT2D eigenvalue weighted by atomic mass is 127. The first-order chi connectivity index (χ1) is 10.5. The van der Waals surface area contributed by atoms with Gasteiger partial charge in [-0.1, -0.05) is 0 Å². The summed E-state index contributed by atoms with van der Waals surface area (Å²) in [6, 6.07) is 0. The van der Waals surface area contributed by atoms with E-state index >= 15 is 0 Å². The molecule has 2 amide bonds. The number of nitrogens with one attached hydrogen (secondary N) is 1. The average Bonchev–Trinajstić information content (AvgIpc) is 2.50. The normalized spacial score (nSPS) is 21.8. The van der Waals surface area contributed by atoms with Crippen LogP contribution in [0.1, 0.15) is 19.3 Å². The zero-order valence-electron chi connectivity index (χ0n) is 13.4. The number of carbonyl (C=O) groups excluding carboxylic acids is 2. The van der Waals surface area contributed by atoms with Gasteiger partial charge in [0.2, 0.25) is 5.91 Å². The van der Waals surface area contributed by atoms with Crippen LogP contribution >= 0.6 is 22.6 Å². The number of halogens is 1. The van der Waals surface area contributed by atoms with Gasteiger partial charge in [-0.25, -0.2) is 0 Å². The monoisotopic (exact) mass is 422 g/mol. The molecule has 2 aliphatic rings. The van der Waals surface area contributed by atoms with Crippen molar-refractivity contribution in [3.8, 4) is 0 Å². The summed E-state index contributed by atoms with van der Waals surface area (Å²) in [7, 11) is 2.18. The van der Waals surface area contributed by atoms with E-state index in [2.05, 4.69) is 22.2 Å². The van der Waals surface area contributed by atoms with E-state index < -0.39 is 0 Å². The first-order valence-corrected chi connectivity index (χ1v) is 9.24. The Bertz CT molecular complexity index is 378. The molecule has 0 aromatic carbocycles. The van der Waals surface area contributed by atoms with E-state index in [1.165, 1.54) is 32.7 Å². The maximum absolute atomic E-state index is 12.1. The summed E-state index contributed by atoms with van der Waals surface area (Å²) in [5, 5.41) is 2.67. The van der Waals surface area contributed by atoms with E-state index in [9.17, 15) is 9.59 Å². The van der Waals surface area contributed by atoms with E-state index in [0.717, 1.165) is 31.8 Å². The minimum atomic E-state index is -0.101. The van der Waals surface area contributed by atoms with Crippen molar-refractivity contribution in [3.63, 3.8) is 0 Å². The van der Waals surface area contributed by atoms with Crippen LogP contribution in [0.25, 0.3) is 0 Å². The summed E-state index contributed by atoms with van der Waals surface area (Å²) >= 11 is 1.69. The van der Waals surface area contributed by atoms with Gasteiger partial charge in [0.1, 0.15) is 0 Å². The second kappa shape index (κ2) is 9.02. The van der Waals surface area contributed by atoms with Crippen LogP contribution in [0.5, 0.6) is 0 Å². The van der Waals surface area contributed by atoms with Gasteiger partial charge in [0, 0.05) is 81.4 Å². The summed E-state index contributed by atoms with van der Waals surface area (Å²) in [4.78, 5) is 29.8. The quantitative estimate of drug-likeness (QED) is 0.408. The van der Waals surface area contributed by atoms with Crippen LogP contribution in [0, 0.1) is 5.92 Å². The Morgan fingerprint density at radius 1 is 1.09 bits per heavy atom. The van der Waals surface area contributed by atoms with Gasteiger partial charge in [0.05, 0.1) is 0 Å². The van der Waals surface area contributed by atoms with E-state index in [-0.39, 0.29) is 9.82 Å². The molecule has 2 fully saturated rings. The van der Waals surface area contributed by atoms with Crippen molar-refractivity contribution in [1.29, 1.82) is 0 Å². The van der Waals surface area contributed by atoms with Crippen molar-refractivity contribution < 1.29 is 9.59 Å². The van der Waals surface area contributed by atoms with Crippen molar-refractivity contribution in [1.82, 2.24) is 20.0 Å². The van der Waals surface area contributed by atoms with Crippen LogP contribution in [0.2, 0.25) is 0 Å². The van der Waals surface area contributed by atoms with Gasteiger partial charge in [-0.3, -0.25) is 9.59 Å². The first-order valence-electron chi connectivity index (χ1n) is 8.16. The van der Waals surface area contributed by atoms with E-state index in [4.69, 9.17) is 0 Å². The SMILES string of the molecule is CN1CCN(CC2CCN(C(=O)CCNC(=O)I)CC2)CC1. The van der Waals surface area contributed by atoms with Gasteiger partial charge in [-0.15, -0.1) is 0 Å². The highest BCUT2D eigenvalue weighted by molar-refractivity contribution is 14.1. The minimum Gasteiger partial charge on any atom is -0.347 e. The zero-order valence-corrected chi connectivity index (χ0v) is 15.5. The van der Waals surface area contributed by atoms with Gasteiger partial charge >= 0.3 is 0 Å². The number of amides is 2. The van der Waals surface area contributed by atoms with Crippen molar-refractivity contribution in [2.24, 2.45) is 5.92 Å². The molecule has 0 radical (unpaired) electrons. The molecule has 2 saturated heterocycles. The Morgan fingerprint density at radius 3 is 2.32 bits per heavy atom. The molecule has 0 atom stereocenters. The maximum atomic E-state index is 12.1. The maximum Gasteiger partial charge on any atom is 0.280 e. The molecule has 0 aromatic heterocycles. The van der Waals surface area contributed by atoms with Crippen LogP contribution in [-0.4, -0.2) is 83.9 Å². The van der Waals surface area contributed by atoms with Crippen LogP contribution in [-0.2, 0) is 4.79 Å². The van der Waals surface area contributed by atoms with E-state index in [1.54, 1.807) is 22.6 Å². The Hall–Kier alpha value is -0.410. The number of nitrogens with zero attached hydrogens (tertiary/aromatic N) is 3. The lowest BCUT2D eigenvalue weighted by Gasteiger charge is -2.38. The second-order valence-corrected chi connectivity index (χ2v) is 7.36. The average molecular weight is 422 g/mol. The molecule has 1 N–H and O–H groups in total. The number of piperazine rings is 1. The highest BCUT2D eigenvalue weighted by Crippen LogP contribution is 2.19. The highest BCUT2D eigenvalue weighted by Gasteiger charge is 2.25. The summed E-state index contributed by atoms with van der Waals surface area (Å²) in [5.41, 5.74) is 0. The van der Waals surface area contributed by atoms with Gasteiger partial charge in [-0.05, 0) is 25.8 Å². The Labute approximate surface area is 146 Å². The Morgan fingerprint density at radius 2 is 1.73 bits per heavy atom. The predicted octanol–water partition coefficient (Wildman–Crippen LogP) is 1.01. The third kappa shape index (κ3) is 6.00. The molecule has 0 bridgehead atoms. The molecule has 6 nitrogen and oxygen atoms in total. The van der Waals surface area contributed by atoms with Crippen LogP contribution in [0.15, 0.2) is 0 Å². The molecule has 22 heavy (non-hydrogen) atoms. The van der Waals surface area contributed by atoms with Gasteiger partial charge in [-0.2, -0.15) is 0 Å². The summed E-state index contributed by atoms with van der Waals surface area (Å²) in [6.07, 6.45) is 2.63. The molecule has 2 aliphatic heterocycles. The molecule has 0 unspecified atom stereocenters. The molecular formula is C15H27IN4O2. The van der Waals surface area contributed by atoms with Crippen LogP contribution in [0.3, 0.4) is 0 Å². The molecule has 0 saturated carbocycles. The number of hydrogen-bond donors (Lipinski definition) is 1. The molecule has 0 aliphatic carbocycles. The number of carbonyl (C=O) groups is 2. The molecule has 7 heteroatoms. The van der Waals surface area contributed by atoms with Crippen molar-refractivity contribution in [3.05, 3.63) is 0 Å². The van der Waals surface area contributed by atoms with Crippen LogP contribution < -0.4 is 5.32 Å². The van der Waals surface area contributed by atoms with Gasteiger partial charge < -0.3 is 20.0 Å². The zero-order chi connectivity index (χ0) is 15.9. The third-order valence-electron chi connectivity index (χ3n) is 4.68. The minimum absolute atomic E-state index is 0.101. The van der Waals surface area contributed by atoms with Crippen molar-refractivity contribution >= 4 is 32.4 Å². The Kier molecular flexibility index (Phi) is 7.36. The number of likely N-dealkylation sites (tertiary alicyclic amines) is 1. The third-order valence-corrected chi connectivity index (χ3v) is 5.06. The second-order valence-electron chi connectivity index (χ2n) is 6.38. The largest absolute Gasteiger partial charge is 0.347 e. The summed E-state index contributed by atoms with van der Waals surface area (Å²) in [6.45, 7) is 8.05. The summed E-state index contributed by atoms with van der Waals surface area (Å²) in [5.74, 6) is 0.893. The smallest absolute Gasteiger partial charge is 0.280 e. The molecule has 0 aromatic rings. The molecule has 0 spiro atoms. The number of piperidine rings is 1. The molecule has 2 heterocycles. The van der Waals surface area contributed by atoms with Crippen molar-refractivity contribution in [2.45, 2.75) is 19.3 Å². The topological polar surface area (TPSA) is 55.9 Å².